The minimum absolute atomic E-state index is 0.615. The van der Waals surface area contributed by atoms with Gasteiger partial charge in [-0.1, -0.05) is 158 Å². The van der Waals surface area contributed by atoms with Crippen molar-refractivity contribution in [1.29, 1.82) is 0 Å². The van der Waals surface area contributed by atoms with Crippen LogP contribution in [0.1, 0.15) is 0 Å². The maximum absolute atomic E-state index is 7.16. The van der Waals surface area contributed by atoms with Gasteiger partial charge in [-0.2, -0.15) is 0 Å². The van der Waals surface area contributed by atoms with E-state index < -0.39 is 0 Å². The number of furan rings is 1. The van der Waals surface area contributed by atoms with Crippen LogP contribution in [0.15, 0.2) is 205 Å². The summed E-state index contributed by atoms with van der Waals surface area (Å²) in [7, 11) is 0. The fourth-order valence-corrected chi connectivity index (χ4v) is 8.85. The Bertz CT molecular complexity index is 3560. The highest BCUT2D eigenvalue weighted by atomic mass is 16.3. The second kappa shape index (κ2) is 12.9. The molecule has 0 saturated heterocycles. The number of benzene rings is 9. The third kappa shape index (κ3) is 5.09. The molecule has 0 aliphatic heterocycles. The Hall–Kier alpha value is -7.82. The third-order valence-corrected chi connectivity index (χ3v) is 11.6. The van der Waals surface area contributed by atoms with Crippen LogP contribution in [0, 0.1) is 0 Å². The van der Waals surface area contributed by atoms with E-state index in [4.69, 9.17) is 14.4 Å². The first kappa shape index (κ1) is 32.4. The summed E-state index contributed by atoms with van der Waals surface area (Å²) >= 11 is 0. The lowest BCUT2D eigenvalue weighted by atomic mass is 10.0. The molecule has 0 spiro atoms. The van der Waals surface area contributed by atoms with Crippen LogP contribution < -0.4 is 0 Å². The van der Waals surface area contributed by atoms with E-state index in [1.165, 1.54) is 26.9 Å². The van der Waals surface area contributed by atoms with E-state index in [1.54, 1.807) is 0 Å². The molecule has 0 unspecified atom stereocenters. The van der Waals surface area contributed by atoms with Gasteiger partial charge in [0.2, 0.25) is 0 Å². The molecule has 0 bridgehead atoms. The van der Waals surface area contributed by atoms with E-state index in [1.807, 2.05) is 12.1 Å². The van der Waals surface area contributed by atoms with Crippen LogP contribution in [0.4, 0.5) is 0 Å². The van der Waals surface area contributed by atoms with E-state index in [2.05, 4.69) is 193 Å². The summed E-state index contributed by atoms with van der Waals surface area (Å²) in [5, 5.41) is 9.33. The van der Waals surface area contributed by atoms with Gasteiger partial charge < -0.3 is 8.98 Å². The van der Waals surface area contributed by atoms with Crippen molar-refractivity contribution in [1.82, 2.24) is 14.5 Å². The highest BCUT2D eigenvalue weighted by Crippen LogP contribution is 2.43. The van der Waals surface area contributed by atoms with E-state index in [0.717, 1.165) is 83.3 Å². The van der Waals surface area contributed by atoms with Crippen molar-refractivity contribution in [3.8, 4) is 50.7 Å². The van der Waals surface area contributed by atoms with E-state index in [0.29, 0.717) is 5.82 Å². The van der Waals surface area contributed by atoms with Crippen molar-refractivity contribution in [3.63, 3.8) is 0 Å². The number of hydrogen-bond acceptors (Lipinski definition) is 3. The van der Waals surface area contributed by atoms with Gasteiger partial charge in [0.15, 0.2) is 11.4 Å². The molecule has 4 heteroatoms. The Balaban J connectivity index is 1.09. The van der Waals surface area contributed by atoms with Gasteiger partial charge in [0.05, 0.1) is 28.0 Å². The fraction of sp³-hybridized carbons (Fsp3) is 0. The van der Waals surface area contributed by atoms with E-state index >= 15 is 0 Å². The van der Waals surface area contributed by atoms with Crippen molar-refractivity contribution in [3.05, 3.63) is 200 Å². The summed E-state index contributed by atoms with van der Waals surface area (Å²) in [6.07, 6.45) is 0. The van der Waals surface area contributed by atoms with Crippen molar-refractivity contribution in [2.75, 3.05) is 0 Å². The summed E-state index contributed by atoms with van der Waals surface area (Å²) in [6, 6.07) is 70.7. The van der Waals surface area contributed by atoms with E-state index in [9.17, 15) is 0 Å². The maximum Gasteiger partial charge on any atom is 0.164 e. The topological polar surface area (TPSA) is 43.9 Å². The van der Waals surface area contributed by atoms with Crippen LogP contribution in [-0.2, 0) is 0 Å². The Morgan fingerprint density at radius 2 is 0.966 bits per heavy atom. The van der Waals surface area contributed by atoms with Crippen molar-refractivity contribution < 1.29 is 4.42 Å². The van der Waals surface area contributed by atoms with Gasteiger partial charge in [-0.15, -0.1) is 0 Å². The first-order valence-electron chi connectivity index (χ1n) is 19.7. The van der Waals surface area contributed by atoms with Gasteiger partial charge >= 0.3 is 0 Å². The Morgan fingerprint density at radius 1 is 0.362 bits per heavy atom. The highest BCUT2D eigenvalue weighted by molar-refractivity contribution is 6.22. The minimum atomic E-state index is 0.615. The molecule has 9 aromatic carbocycles. The van der Waals surface area contributed by atoms with Gasteiger partial charge in [-0.3, -0.25) is 0 Å². The monoisotopic (exact) mass is 739 g/mol. The van der Waals surface area contributed by atoms with Crippen LogP contribution >= 0.6 is 0 Å². The molecule has 0 atom stereocenters. The second-order valence-corrected chi connectivity index (χ2v) is 14.9. The molecule has 0 radical (unpaired) electrons. The first-order chi connectivity index (χ1) is 28.7. The normalized spacial score (nSPS) is 11.8. The molecule has 0 fully saturated rings. The summed E-state index contributed by atoms with van der Waals surface area (Å²) in [4.78, 5) is 10.5. The molecule has 58 heavy (non-hydrogen) atoms. The van der Waals surface area contributed by atoms with Crippen molar-refractivity contribution in [2.45, 2.75) is 0 Å². The van der Waals surface area contributed by atoms with Gasteiger partial charge in [-0.05, 0) is 75.1 Å². The van der Waals surface area contributed by atoms with Crippen LogP contribution in [0.2, 0.25) is 0 Å². The van der Waals surface area contributed by atoms with Crippen LogP contribution in [-0.4, -0.2) is 14.5 Å². The molecule has 0 aliphatic carbocycles. The summed E-state index contributed by atoms with van der Waals surface area (Å²) in [5.74, 6) is 0.615. The lowest BCUT2D eigenvalue weighted by molar-refractivity contribution is 0.671. The molecule has 3 heterocycles. The first-order valence-corrected chi connectivity index (χ1v) is 19.7. The molecular weight excluding hydrogens is 707 g/mol. The lowest BCUT2D eigenvalue weighted by Gasteiger charge is -2.11. The molecule has 270 valence electrons. The molecule has 3 aromatic heterocycles. The van der Waals surface area contributed by atoms with E-state index in [-0.39, 0.29) is 0 Å². The minimum Gasteiger partial charge on any atom is -0.453 e. The molecule has 0 aliphatic rings. The smallest absolute Gasteiger partial charge is 0.164 e. The molecule has 0 N–H and O–H groups in total. The van der Waals surface area contributed by atoms with Crippen LogP contribution in [0.25, 0.3) is 116 Å². The van der Waals surface area contributed by atoms with Gasteiger partial charge in [0, 0.05) is 38.4 Å². The zero-order valence-electron chi connectivity index (χ0n) is 31.3. The number of hydrogen-bond donors (Lipinski definition) is 0. The van der Waals surface area contributed by atoms with Crippen LogP contribution in [0.3, 0.4) is 0 Å². The Kier molecular flexibility index (Phi) is 7.20. The van der Waals surface area contributed by atoms with Gasteiger partial charge in [0.1, 0.15) is 5.58 Å². The molecular formula is C54H33N3O. The average Bonchev–Trinajstić information content (AvgIpc) is 3.85. The Labute approximate surface area is 333 Å². The molecule has 4 nitrogen and oxygen atoms in total. The number of rotatable bonds is 5. The molecule has 0 amide bonds. The number of nitrogens with zero attached hydrogens (tertiary/aromatic N) is 3. The largest absolute Gasteiger partial charge is 0.453 e. The van der Waals surface area contributed by atoms with Gasteiger partial charge in [-0.25, -0.2) is 9.97 Å². The quantitative estimate of drug-likeness (QED) is 0.165. The summed E-state index contributed by atoms with van der Waals surface area (Å²) < 4.78 is 9.52. The predicted octanol–water partition coefficient (Wildman–Crippen LogP) is 14.4. The highest BCUT2D eigenvalue weighted by Gasteiger charge is 2.22. The standard InChI is InChI=1S/C54H33N3O/c1-3-13-34(14-4-1)37-18-11-19-39(31-37)49-33-48(36-16-5-2-6-17-36)55-54(56-49)47-23-12-22-45-46-30-29-44-43-21-9-10-24-50(43)57(51(44)53(46)58-52(45)47)40-27-28-42-38(32-40)26-25-35-15-7-8-20-41(35)42/h1-33H. The predicted molar refractivity (Wildman–Crippen MR) is 240 cm³/mol. The summed E-state index contributed by atoms with van der Waals surface area (Å²) in [6.45, 7) is 0. The second-order valence-electron chi connectivity index (χ2n) is 14.9. The summed E-state index contributed by atoms with van der Waals surface area (Å²) in [5.41, 5.74) is 11.8. The zero-order valence-corrected chi connectivity index (χ0v) is 31.3. The fourth-order valence-electron chi connectivity index (χ4n) is 8.85. The molecule has 12 rings (SSSR count). The maximum atomic E-state index is 7.16. The number of para-hydroxylation sites is 2. The van der Waals surface area contributed by atoms with Gasteiger partial charge in [0.25, 0.3) is 0 Å². The van der Waals surface area contributed by atoms with Crippen molar-refractivity contribution in [2.24, 2.45) is 0 Å². The number of fused-ring (bicyclic) bond motifs is 10. The molecule has 12 aromatic rings. The SMILES string of the molecule is c1ccc(-c2cccc(-c3cc(-c4ccccc4)nc(-c4cccc5c4oc4c5ccc5c6ccccc6n(-c6ccc7c(ccc8ccccc87)c6)c54)n3)c2)cc1. The van der Waals surface area contributed by atoms with Crippen molar-refractivity contribution >= 4 is 65.3 Å². The van der Waals surface area contributed by atoms with Crippen LogP contribution in [0.5, 0.6) is 0 Å². The lowest BCUT2D eigenvalue weighted by Crippen LogP contribution is -1.96. The molecule has 0 saturated carbocycles. The zero-order chi connectivity index (χ0) is 38.2. The Morgan fingerprint density at radius 3 is 1.83 bits per heavy atom. The number of aromatic nitrogens is 3. The third-order valence-electron chi connectivity index (χ3n) is 11.6. The average molecular weight is 740 g/mol.